The fourth-order valence-corrected chi connectivity index (χ4v) is 2.36. The molecule has 1 unspecified atom stereocenters. The van der Waals surface area contributed by atoms with Gasteiger partial charge in [-0.15, -0.1) is 0 Å². The van der Waals surface area contributed by atoms with Crippen LogP contribution < -0.4 is 10.1 Å². The number of benzene rings is 1. The summed E-state index contributed by atoms with van der Waals surface area (Å²) in [6, 6.07) is 8.61. The zero-order valence-electron chi connectivity index (χ0n) is 10.3. The molecule has 0 amide bonds. The number of halogens is 1. The minimum atomic E-state index is 0.636. The van der Waals surface area contributed by atoms with Gasteiger partial charge in [0.15, 0.2) is 0 Å². The summed E-state index contributed by atoms with van der Waals surface area (Å²) < 4.78 is 6.74. The van der Waals surface area contributed by atoms with Gasteiger partial charge in [0.05, 0.1) is 0 Å². The fourth-order valence-electron chi connectivity index (χ4n) is 2.09. The molecule has 1 N–H and O–H groups in total. The van der Waals surface area contributed by atoms with Gasteiger partial charge in [-0.05, 0) is 49.9 Å². The molecule has 0 radical (unpaired) electrons. The highest BCUT2D eigenvalue weighted by Gasteiger charge is 2.22. The maximum atomic E-state index is 5.66. The first-order chi connectivity index (χ1) is 8.25. The third kappa shape index (κ3) is 4.00. The van der Waals surface area contributed by atoms with E-state index in [0.717, 1.165) is 29.3 Å². The second kappa shape index (κ2) is 6.41. The Morgan fingerprint density at radius 2 is 2.06 bits per heavy atom. The lowest BCUT2D eigenvalue weighted by molar-refractivity contribution is 0.226. The standard InChI is InChI=1S/C14H20BrNO/c1-11(12-3-2-4-12)16-9-10-17-14-7-5-13(15)6-8-14/h5-8,11-12,16H,2-4,9-10H2,1H3. The molecule has 3 heteroatoms. The van der Waals surface area contributed by atoms with Gasteiger partial charge in [-0.25, -0.2) is 0 Å². The highest BCUT2D eigenvalue weighted by molar-refractivity contribution is 9.10. The van der Waals surface area contributed by atoms with Crippen molar-refractivity contribution in [1.82, 2.24) is 5.32 Å². The number of rotatable bonds is 6. The third-order valence-corrected chi connectivity index (χ3v) is 4.04. The van der Waals surface area contributed by atoms with E-state index in [2.05, 4.69) is 28.2 Å². The van der Waals surface area contributed by atoms with Gasteiger partial charge in [0.1, 0.15) is 12.4 Å². The Hall–Kier alpha value is -0.540. The third-order valence-electron chi connectivity index (χ3n) is 3.51. The minimum absolute atomic E-state index is 0.636. The molecule has 2 nitrogen and oxygen atoms in total. The van der Waals surface area contributed by atoms with Crippen molar-refractivity contribution in [3.63, 3.8) is 0 Å². The van der Waals surface area contributed by atoms with E-state index in [0.29, 0.717) is 6.04 Å². The van der Waals surface area contributed by atoms with E-state index in [-0.39, 0.29) is 0 Å². The highest BCUT2D eigenvalue weighted by atomic mass is 79.9. The van der Waals surface area contributed by atoms with E-state index in [1.807, 2.05) is 24.3 Å². The Bertz CT molecular complexity index is 335. The molecule has 0 aromatic heterocycles. The van der Waals surface area contributed by atoms with E-state index in [1.165, 1.54) is 19.3 Å². The fraction of sp³-hybridized carbons (Fsp3) is 0.571. The van der Waals surface area contributed by atoms with E-state index < -0.39 is 0 Å². The Balaban J connectivity index is 1.60. The lowest BCUT2D eigenvalue weighted by Crippen LogP contribution is -2.39. The van der Waals surface area contributed by atoms with Crippen molar-refractivity contribution in [2.24, 2.45) is 5.92 Å². The summed E-state index contributed by atoms with van der Waals surface area (Å²) in [7, 11) is 0. The molecule has 17 heavy (non-hydrogen) atoms. The van der Waals surface area contributed by atoms with Crippen LogP contribution in [0.25, 0.3) is 0 Å². The van der Waals surface area contributed by atoms with Crippen molar-refractivity contribution in [1.29, 1.82) is 0 Å². The van der Waals surface area contributed by atoms with Gasteiger partial charge in [0.2, 0.25) is 0 Å². The Morgan fingerprint density at radius 1 is 1.35 bits per heavy atom. The van der Waals surface area contributed by atoms with Gasteiger partial charge < -0.3 is 10.1 Å². The molecular formula is C14H20BrNO. The molecule has 1 fully saturated rings. The summed E-state index contributed by atoms with van der Waals surface area (Å²) in [5, 5.41) is 3.53. The summed E-state index contributed by atoms with van der Waals surface area (Å²) in [5.74, 6) is 1.83. The van der Waals surface area contributed by atoms with Gasteiger partial charge in [0.25, 0.3) is 0 Å². The number of ether oxygens (including phenoxy) is 1. The zero-order chi connectivity index (χ0) is 12.1. The van der Waals surface area contributed by atoms with Crippen molar-refractivity contribution in [3.8, 4) is 5.75 Å². The molecule has 1 saturated carbocycles. The number of hydrogen-bond donors (Lipinski definition) is 1. The molecule has 0 aliphatic heterocycles. The predicted octanol–water partition coefficient (Wildman–Crippen LogP) is 3.61. The maximum absolute atomic E-state index is 5.66. The molecule has 0 bridgehead atoms. The first-order valence-electron chi connectivity index (χ1n) is 6.37. The van der Waals surface area contributed by atoms with Crippen LogP contribution in [0.3, 0.4) is 0 Å². The molecule has 0 spiro atoms. The van der Waals surface area contributed by atoms with Crippen LogP contribution in [0.5, 0.6) is 5.75 Å². The van der Waals surface area contributed by atoms with E-state index >= 15 is 0 Å². The highest BCUT2D eigenvalue weighted by Crippen LogP contribution is 2.29. The average molecular weight is 298 g/mol. The summed E-state index contributed by atoms with van der Waals surface area (Å²) in [5.41, 5.74) is 0. The number of nitrogens with one attached hydrogen (secondary N) is 1. The van der Waals surface area contributed by atoms with Gasteiger partial charge in [-0.2, -0.15) is 0 Å². The molecule has 1 aliphatic carbocycles. The lowest BCUT2D eigenvalue weighted by atomic mass is 9.80. The van der Waals surface area contributed by atoms with Crippen LogP contribution in [-0.2, 0) is 0 Å². The molecular weight excluding hydrogens is 278 g/mol. The van der Waals surface area contributed by atoms with Crippen LogP contribution in [0.15, 0.2) is 28.7 Å². The Kier molecular flexibility index (Phi) is 4.86. The average Bonchev–Trinajstić information content (AvgIpc) is 2.24. The van der Waals surface area contributed by atoms with Crippen molar-refractivity contribution in [3.05, 3.63) is 28.7 Å². The molecule has 2 rings (SSSR count). The van der Waals surface area contributed by atoms with Gasteiger partial charge in [-0.3, -0.25) is 0 Å². The van der Waals surface area contributed by atoms with Gasteiger partial charge in [0, 0.05) is 17.1 Å². The molecule has 1 atom stereocenters. The molecule has 94 valence electrons. The SMILES string of the molecule is CC(NCCOc1ccc(Br)cc1)C1CCC1. The second-order valence-corrected chi connectivity index (χ2v) is 5.65. The zero-order valence-corrected chi connectivity index (χ0v) is 11.9. The van der Waals surface area contributed by atoms with Gasteiger partial charge in [-0.1, -0.05) is 22.4 Å². The van der Waals surface area contributed by atoms with Crippen LogP contribution in [0.2, 0.25) is 0 Å². The van der Waals surface area contributed by atoms with E-state index in [9.17, 15) is 0 Å². The number of hydrogen-bond acceptors (Lipinski definition) is 2. The van der Waals surface area contributed by atoms with E-state index in [4.69, 9.17) is 4.74 Å². The van der Waals surface area contributed by atoms with Crippen molar-refractivity contribution < 1.29 is 4.74 Å². The lowest BCUT2D eigenvalue weighted by Gasteiger charge is -2.32. The molecule has 1 aliphatic rings. The maximum Gasteiger partial charge on any atom is 0.119 e. The van der Waals surface area contributed by atoms with Crippen LogP contribution in [0.4, 0.5) is 0 Å². The van der Waals surface area contributed by atoms with Crippen molar-refractivity contribution >= 4 is 15.9 Å². The first-order valence-corrected chi connectivity index (χ1v) is 7.17. The summed E-state index contributed by atoms with van der Waals surface area (Å²) in [4.78, 5) is 0. The molecule has 0 saturated heterocycles. The minimum Gasteiger partial charge on any atom is -0.492 e. The first kappa shape index (κ1) is 12.9. The van der Waals surface area contributed by atoms with Crippen molar-refractivity contribution in [2.45, 2.75) is 32.2 Å². The molecule has 1 aromatic carbocycles. The monoisotopic (exact) mass is 297 g/mol. The smallest absolute Gasteiger partial charge is 0.119 e. The van der Waals surface area contributed by atoms with Crippen LogP contribution in [0, 0.1) is 5.92 Å². The Morgan fingerprint density at radius 3 is 2.65 bits per heavy atom. The van der Waals surface area contributed by atoms with Crippen molar-refractivity contribution in [2.75, 3.05) is 13.2 Å². The quantitative estimate of drug-likeness (QED) is 0.810. The largest absolute Gasteiger partial charge is 0.492 e. The second-order valence-electron chi connectivity index (χ2n) is 4.74. The summed E-state index contributed by atoms with van der Waals surface area (Å²) in [6.45, 7) is 3.94. The van der Waals surface area contributed by atoms with Gasteiger partial charge >= 0.3 is 0 Å². The predicted molar refractivity (Wildman–Crippen MR) is 74.4 cm³/mol. The van der Waals surface area contributed by atoms with Crippen LogP contribution in [0.1, 0.15) is 26.2 Å². The molecule has 0 heterocycles. The van der Waals surface area contributed by atoms with Crippen LogP contribution >= 0.6 is 15.9 Å². The Labute approximate surface area is 112 Å². The van der Waals surface area contributed by atoms with E-state index in [1.54, 1.807) is 0 Å². The molecule has 1 aromatic rings. The topological polar surface area (TPSA) is 21.3 Å². The summed E-state index contributed by atoms with van der Waals surface area (Å²) >= 11 is 3.41. The normalized spacial score (nSPS) is 17.5. The van der Waals surface area contributed by atoms with Crippen LogP contribution in [-0.4, -0.2) is 19.2 Å². The summed E-state index contributed by atoms with van der Waals surface area (Å²) in [6.07, 6.45) is 4.19.